The highest BCUT2D eigenvalue weighted by Crippen LogP contribution is 2.47. The number of hydrogen-bond donors (Lipinski definition) is 3. The third-order valence-electron chi connectivity index (χ3n) is 4.07. The first kappa shape index (κ1) is 17.7. The third-order valence-corrected chi connectivity index (χ3v) is 4.07. The molecule has 0 spiro atoms. The van der Waals surface area contributed by atoms with Gasteiger partial charge in [0.2, 0.25) is 5.91 Å². The lowest BCUT2D eigenvalue weighted by Gasteiger charge is -2.15. The number of carbonyl (C=O) groups is 2. The quantitative estimate of drug-likeness (QED) is 0.480. The van der Waals surface area contributed by atoms with E-state index in [2.05, 4.69) is 28.8 Å². The summed E-state index contributed by atoms with van der Waals surface area (Å²) >= 11 is 0. The molecule has 0 saturated heterocycles. The Morgan fingerprint density at radius 2 is 2.21 bits per heavy atom. The molecule has 1 aliphatic carbocycles. The van der Waals surface area contributed by atoms with Crippen molar-refractivity contribution in [2.24, 2.45) is 5.92 Å². The van der Waals surface area contributed by atoms with Crippen molar-refractivity contribution in [2.75, 3.05) is 6.54 Å². The molecule has 1 saturated carbocycles. The predicted octanol–water partition coefficient (Wildman–Crippen LogP) is 2.76. The fourth-order valence-corrected chi connectivity index (χ4v) is 2.74. The van der Waals surface area contributed by atoms with Crippen LogP contribution in [0, 0.1) is 5.92 Å². The summed E-state index contributed by atoms with van der Waals surface area (Å²) in [5.41, 5.74) is 1.66. The predicted molar refractivity (Wildman–Crippen MR) is 91.6 cm³/mol. The van der Waals surface area contributed by atoms with E-state index in [1.807, 2.05) is 12.1 Å². The summed E-state index contributed by atoms with van der Waals surface area (Å²) < 4.78 is 0. The fraction of sp³-hybridized carbons (Fsp3) is 0.389. The monoisotopic (exact) mass is 329 g/mol. The number of hydrogen-bond acceptors (Lipinski definition) is 3. The minimum atomic E-state index is -1.10. The molecular formula is C18H23N3O3. The first-order valence-corrected chi connectivity index (χ1v) is 8.01. The summed E-state index contributed by atoms with van der Waals surface area (Å²) in [6, 6.07) is 3.33. The van der Waals surface area contributed by atoms with E-state index in [4.69, 9.17) is 5.11 Å². The van der Waals surface area contributed by atoms with E-state index in [-0.39, 0.29) is 17.7 Å². The van der Waals surface area contributed by atoms with Crippen molar-refractivity contribution < 1.29 is 14.7 Å². The Labute approximate surface area is 141 Å². The second-order valence-electron chi connectivity index (χ2n) is 5.86. The highest BCUT2D eigenvalue weighted by molar-refractivity contribution is 5.82. The first-order chi connectivity index (χ1) is 11.6. The number of rotatable bonds is 9. The molecule has 1 unspecified atom stereocenters. The molecule has 1 aromatic rings. The summed E-state index contributed by atoms with van der Waals surface area (Å²) in [5, 5.41) is 14.3. The number of nitrogens with one attached hydrogen (secondary N) is 2. The van der Waals surface area contributed by atoms with Gasteiger partial charge >= 0.3 is 6.09 Å². The van der Waals surface area contributed by atoms with Crippen molar-refractivity contribution in [2.45, 2.75) is 31.2 Å². The number of aromatic nitrogens is 1. The minimum absolute atomic E-state index is 0.0182. The van der Waals surface area contributed by atoms with E-state index in [0.717, 1.165) is 18.4 Å². The van der Waals surface area contributed by atoms with Crippen LogP contribution in [0.25, 0.3) is 0 Å². The number of amides is 2. The van der Waals surface area contributed by atoms with Crippen molar-refractivity contribution in [3.8, 4) is 0 Å². The van der Waals surface area contributed by atoms with Gasteiger partial charge in [0.1, 0.15) is 0 Å². The van der Waals surface area contributed by atoms with Gasteiger partial charge in [0.15, 0.2) is 0 Å². The van der Waals surface area contributed by atoms with Crippen molar-refractivity contribution in [3.05, 3.63) is 54.9 Å². The van der Waals surface area contributed by atoms with Gasteiger partial charge in [-0.3, -0.25) is 9.78 Å². The van der Waals surface area contributed by atoms with Crippen molar-refractivity contribution in [1.29, 1.82) is 0 Å². The maximum absolute atomic E-state index is 12.1. The van der Waals surface area contributed by atoms with Gasteiger partial charge in [-0.2, -0.15) is 0 Å². The second-order valence-corrected chi connectivity index (χ2v) is 5.86. The molecule has 0 aromatic carbocycles. The molecule has 24 heavy (non-hydrogen) atoms. The van der Waals surface area contributed by atoms with Gasteiger partial charge in [-0.15, -0.1) is 13.2 Å². The fourth-order valence-electron chi connectivity index (χ4n) is 2.74. The first-order valence-electron chi connectivity index (χ1n) is 8.01. The van der Waals surface area contributed by atoms with Crippen LogP contribution < -0.4 is 10.6 Å². The zero-order valence-corrected chi connectivity index (χ0v) is 13.6. The van der Waals surface area contributed by atoms with Crippen molar-refractivity contribution in [1.82, 2.24) is 15.6 Å². The summed E-state index contributed by atoms with van der Waals surface area (Å²) in [6.07, 6.45) is 6.01. The molecule has 1 aromatic heterocycles. The Morgan fingerprint density at radius 1 is 1.42 bits per heavy atom. The Bertz CT molecular complexity index is 630. The van der Waals surface area contributed by atoms with Crippen LogP contribution in [0.3, 0.4) is 0 Å². The Kier molecular flexibility index (Phi) is 6.12. The standard InChI is InChI=1S/C18H23N3O3/c1-3-5-8-20-17(22)14-11-13(14)12-7-9-19-16(10-12)15(6-4-2)21-18(23)24/h3-4,7,9-10,13-15,21H,1-2,5-6,8,11H2,(H,20,22)(H,23,24)/t13-,14-,15?/m1/s1. The molecule has 1 fully saturated rings. The highest BCUT2D eigenvalue weighted by atomic mass is 16.4. The molecule has 3 N–H and O–H groups in total. The van der Waals surface area contributed by atoms with Gasteiger partial charge in [0.25, 0.3) is 0 Å². The van der Waals surface area contributed by atoms with Crippen LogP contribution in [0.4, 0.5) is 4.79 Å². The van der Waals surface area contributed by atoms with Crippen LogP contribution in [-0.2, 0) is 4.79 Å². The number of nitrogens with zero attached hydrogens (tertiary/aromatic N) is 1. The largest absolute Gasteiger partial charge is 0.465 e. The van der Waals surface area contributed by atoms with E-state index >= 15 is 0 Å². The van der Waals surface area contributed by atoms with Gasteiger partial charge in [-0.1, -0.05) is 12.2 Å². The van der Waals surface area contributed by atoms with Crippen molar-refractivity contribution >= 4 is 12.0 Å². The van der Waals surface area contributed by atoms with E-state index in [1.165, 1.54) is 0 Å². The maximum Gasteiger partial charge on any atom is 0.405 e. The lowest BCUT2D eigenvalue weighted by molar-refractivity contribution is -0.122. The highest BCUT2D eigenvalue weighted by Gasteiger charge is 2.43. The molecule has 1 aliphatic rings. The van der Waals surface area contributed by atoms with Crippen LogP contribution in [0.15, 0.2) is 43.6 Å². The molecule has 3 atom stereocenters. The van der Waals surface area contributed by atoms with Gasteiger partial charge in [-0.05, 0) is 42.9 Å². The van der Waals surface area contributed by atoms with E-state index in [0.29, 0.717) is 18.7 Å². The van der Waals surface area contributed by atoms with Crippen LogP contribution >= 0.6 is 0 Å². The smallest absolute Gasteiger partial charge is 0.405 e. The molecule has 128 valence electrons. The van der Waals surface area contributed by atoms with Gasteiger partial charge in [0, 0.05) is 18.7 Å². The average molecular weight is 329 g/mol. The number of carboxylic acid groups (broad SMARTS) is 1. The molecule has 6 heteroatoms. The summed E-state index contributed by atoms with van der Waals surface area (Å²) in [5.74, 6) is 0.214. The summed E-state index contributed by atoms with van der Waals surface area (Å²) in [4.78, 5) is 27.3. The molecule has 0 radical (unpaired) electrons. The molecule has 2 rings (SSSR count). The van der Waals surface area contributed by atoms with Gasteiger partial charge in [-0.25, -0.2) is 4.79 Å². The Hall–Kier alpha value is -2.63. The van der Waals surface area contributed by atoms with E-state index in [9.17, 15) is 9.59 Å². The normalized spacial score (nSPS) is 19.8. The van der Waals surface area contributed by atoms with Crippen LogP contribution in [-0.4, -0.2) is 28.6 Å². The van der Waals surface area contributed by atoms with E-state index < -0.39 is 12.1 Å². The van der Waals surface area contributed by atoms with Crippen LogP contribution in [0.1, 0.15) is 42.5 Å². The molecule has 1 heterocycles. The summed E-state index contributed by atoms with van der Waals surface area (Å²) in [7, 11) is 0. The van der Waals surface area contributed by atoms with Crippen LogP contribution in [0.5, 0.6) is 0 Å². The lowest BCUT2D eigenvalue weighted by atomic mass is 10.0. The van der Waals surface area contributed by atoms with Gasteiger partial charge in [0.05, 0.1) is 11.7 Å². The summed E-state index contributed by atoms with van der Waals surface area (Å²) in [6.45, 7) is 7.89. The third kappa shape index (κ3) is 4.68. The van der Waals surface area contributed by atoms with E-state index in [1.54, 1.807) is 18.3 Å². The molecule has 0 aliphatic heterocycles. The zero-order valence-electron chi connectivity index (χ0n) is 13.6. The molecule has 2 amide bonds. The minimum Gasteiger partial charge on any atom is -0.465 e. The average Bonchev–Trinajstić information content (AvgIpc) is 3.35. The Balaban J connectivity index is 2.02. The second kappa shape index (κ2) is 8.29. The Morgan fingerprint density at radius 3 is 2.88 bits per heavy atom. The van der Waals surface area contributed by atoms with Crippen LogP contribution in [0.2, 0.25) is 0 Å². The SMILES string of the molecule is C=CCCNC(=O)[C@@H]1C[C@@H]1c1ccnc(C(CC=C)NC(=O)O)c1. The van der Waals surface area contributed by atoms with Gasteiger partial charge < -0.3 is 15.7 Å². The maximum atomic E-state index is 12.1. The lowest BCUT2D eigenvalue weighted by Crippen LogP contribution is -2.27. The topological polar surface area (TPSA) is 91.3 Å². The number of pyridine rings is 1. The molecule has 0 bridgehead atoms. The van der Waals surface area contributed by atoms with Crippen molar-refractivity contribution in [3.63, 3.8) is 0 Å². The molecule has 6 nitrogen and oxygen atoms in total. The number of carbonyl (C=O) groups excluding carboxylic acids is 1. The molecular weight excluding hydrogens is 306 g/mol. The zero-order chi connectivity index (χ0) is 17.5.